The molecule has 14 heavy (non-hydrogen) atoms. The van der Waals surface area contributed by atoms with E-state index in [2.05, 4.69) is 11.8 Å². The highest BCUT2D eigenvalue weighted by molar-refractivity contribution is 5.12. The van der Waals surface area contributed by atoms with E-state index in [0.717, 1.165) is 0 Å². The van der Waals surface area contributed by atoms with Crippen LogP contribution in [0.15, 0.2) is 0 Å². The Balaban J connectivity index is 2.84. The van der Waals surface area contributed by atoms with Crippen LogP contribution in [0, 0.1) is 30.6 Å². The monoisotopic (exact) mass is 196 g/mol. The Morgan fingerprint density at radius 1 is 1.14 bits per heavy atom. The zero-order valence-corrected chi connectivity index (χ0v) is 7.50. The number of ether oxygens (including phenoxy) is 1. The first kappa shape index (κ1) is 11.0. The van der Waals surface area contributed by atoms with Gasteiger partial charge in [0.05, 0.1) is 24.7 Å². The highest BCUT2D eigenvalue weighted by Gasteiger charge is 2.42. The van der Waals surface area contributed by atoms with Crippen molar-refractivity contribution in [1.29, 1.82) is 0 Å². The summed E-state index contributed by atoms with van der Waals surface area (Å²) in [6.45, 7) is -0.336. The molecule has 0 aromatic heterocycles. The average Bonchev–Trinajstić information content (AvgIpc) is 2.21. The van der Waals surface area contributed by atoms with E-state index in [9.17, 15) is 10.2 Å². The summed E-state index contributed by atoms with van der Waals surface area (Å²) in [7, 11) is 0. The predicted octanol–water partition coefficient (Wildman–Crippen LogP) is -1.65. The van der Waals surface area contributed by atoms with Crippen molar-refractivity contribution in [3.63, 3.8) is 0 Å². The topological polar surface area (TPSA) is 69.9 Å². The van der Waals surface area contributed by atoms with E-state index < -0.39 is 30.3 Å². The van der Waals surface area contributed by atoms with Crippen LogP contribution in [-0.4, -0.2) is 46.3 Å². The first-order valence-electron chi connectivity index (χ1n) is 4.20. The molecule has 0 amide bonds. The van der Waals surface area contributed by atoms with E-state index in [1.807, 2.05) is 0 Å². The standard InChI is InChI=1S/C10H12O4/c1-3-6-8(5-11)14-7(4-2)10(13)9(6)12/h1-2,6-13H,5H2/t6-,7+,8-,9+,10+/m1/s1. The third kappa shape index (κ3) is 1.75. The fourth-order valence-corrected chi connectivity index (χ4v) is 1.47. The van der Waals surface area contributed by atoms with Gasteiger partial charge in [-0.2, -0.15) is 0 Å². The Kier molecular flexibility index (Phi) is 3.51. The van der Waals surface area contributed by atoms with Crippen LogP contribution in [0.1, 0.15) is 0 Å². The highest BCUT2D eigenvalue weighted by Crippen LogP contribution is 2.25. The van der Waals surface area contributed by atoms with Crippen LogP contribution in [0.4, 0.5) is 0 Å². The van der Waals surface area contributed by atoms with E-state index in [0.29, 0.717) is 0 Å². The lowest BCUT2D eigenvalue weighted by Gasteiger charge is -2.38. The van der Waals surface area contributed by atoms with Gasteiger partial charge in [-0.1, -0.05) is 11.8 Å². The number of aliphatic hydroxyl groups is 3. The molecule has 0 aromatic rings. The quantitative estimate of drug-likeness (QED) is 0.439. The molecule has 5 atom stereocenters. The molecule has 76 valence electrons. The van der Waals surface area contributed by atoms with Gasteiger partial charge >= 0.3 is 0 Å². The fourth-order valence-electron chi connectivity index (χ4n) is 1.47. The van der Waals surface area contributed by atoms with Gasteiger partial charge in [0.2, 0.25) is 0 Å². The number of terminal acetylenes is 2. The summed E-state index contributed by atoms with van der Waals surface area (Å²) >= 11 is 0. The van der Waals surface area contributed by atoms with E-state index in [-0.39, 0.29) is 6.61 Å². The average molecular weight is 196 g/mol. The Morgan fingerprint density at radius 3 is 2.21 bits per heavy atom. The molecule has 1 saturated heterocycles. The van der Waals surface area contributed by atoms with E-state index in [1.165, 1.54) is 0 Å². The SMILES string of the molecule is C#C[C@H]1[C@H](O)[C@@H](O)[C@H](C#C)O[C@@H]1CO. The van der Waals surface area contributed by atoms with Crippen LogP contribution in [0.5, 0.6) is 0 Å². The van der Waals surface area contributed by atoms with E-state index in [1.54, 1.807) is 0 Å². The summed E-state index contributed by atoms with van der Waals surface area (Å²) in [5.74, 6) is 3.71. The molecule has 4 nitrogen and oxygen atoms in total. The zero-order chi connectivity index (χ0) is 10.7. The molecule has 1 fully saturated rings. The molecule has 3 N–H and O–H groups in total. The van der Waals surface area contributed by atoms with Crippen LogP contribution < -0.4 is 0 Å². The molecule has 0 bridgehead atoms. The second kappa shape index (κ2) is 4.45. The van der Waals surface area contributed by atoms with Crippen molar-refractivity contribution in [2.45, 2.75) is 24.4 Å². The molecule has 1 aliphatic heterocycles. The lowest BCUT2D eigenvalue weighted by molar-refractivity contribution is -0.177. The Bertz CT molecular complexity index is 273. The molecule has 0 aromatic carbocycles. The van der Waals surface area contributed by atoms with Gasteiger partial charge in [0.15, 0.2) is 0 Å². The van der Waals surface area contributed by atoms with E-state index >= 15 is 0 Å². The molecule has 0 saturated carbocycles. The Hall–Kier alpha value is -1.04. The molecule has 1 rings (SSSR count). The first-order valence-corrected chi connectivity index (χ1v) is 4.20. The summed E-state index contributed by atoms with van der Waals surface area (Å²) in [5, 5.41) is 27.9. The summed E-state index contributed by atoms with van der Waals surface area (Å²) in [5.41, 5.74) is 0. The van der Waals surface area contributed by atoms with Crippen LogP contribution >= 0.6 is 0 Å². The van der Waals surface area contributed by atoms with Gasteiger partial charge in [-0.25, -0.2) is 0 Å². The Labute approximate surface area is 82.5 Å². The normalized spacial score (nSPS) is 42.5. The van der Waals surface area contributed by atoms with Crippen molar-refractivity contribution in [3.8, 4) is 24.7 Å². The van der Waals surface area contributed by atoms with Crippen molar-refractivity contribution >= 4 is 0 Å². The lowest BCUT2D eigenvalue weighted by atomic mass is 9.87. The van der Waals surface area contributed by atoms with Crippen LogP contribution in [0.25, 0.3) is 0 Å². The van der Waals surface area contributed by atoms with Crippen molar-refractivity contribution in [3.05, 3.63) is 0 Å². The molecule has 1 aliphatic rings. The second-order valence-corrected chi connectivity index (χ2v) is 3.12. The summed E-state index contributed by atoms with van der Waals surface area (Å²) in [4.78, 5) is 0. The van der Waals surface area contributed by atoms with Crippen LogP contribution in [0.3, 0.4) is 0 Å². The van der Waals surface area contributed by atoms with E-state index in [4.69, 9.17) is 22.7 Å². The van der Waals surface area contributed by atoms with Gasteiger partial charge in [0.1, 0.15) is 12.2 Å². The molecule has 4 heteroatoms. The largest absolute Gasteiger partial charge is 0.394 e. The lowest BCUT2D eigenvalue weighted by Crippen LogP contribution is -2.54. The van der Waals surface area contributed by atoms with Crippen LogP contribution in [-0.2, 0) is 4.74 Å². The number of hydrogen-bond donors (Lipinski definition) is 3. The zero-order valence-electron chi connectivity index (χ0n) is 7.50. The van der Waals surface area contributed by atoms with Crippen LogP contribution in [0.2, 0.25) is 0 Å². The molecule has 0 radical (unpaired) electrons. The van der Waals surface area contributed by atoms with Gasteiger partial charge in [0, 0.05) is 0 Å². The number of hydrogen-bond acceptors (Lipinski definition) is 4. The third-order valence-electron chi connectivity index (χ3n) is 2.29. The first-order chi connectivity index (χ1) is 6.65. The van der Waals surface area contributed by atoms with Crippen molar-refractivity contribution in [1.82, 2.24) is 0 Å². The maximum Gasteiger partial charge on any atom is 0.146 e. The molecule has 0 spiro atoms. The highest BCUT2D eigenvalue weighted by atomic mass is 16.5. The summed E-state index contributed by atoms with van der Waals surface area (Å²) in [6, 6.07) is 0. The third-order valence-corrected chi connectivity index (χ3v) is 2.29. The van der Waals surface area contributed by atoms with Gasteiger partial charge in [-0.05, 0) is 0 Å². The Morgan fingerprint density at radius 2 is 1.79 bits per heavy atom. The molecule has 0 aliphatic carbocycles. The summed E-state index contributed by atoms with van der Waals surface area (Å²) in [6.07, 6.45) is 6.21. The molecule has 0 unspecified atom stereocenters. The molecule has 1 heterocycles. The minimum absolute atomic E-state index is 0.336. The minimum Gasteiger partial charge on any atom is -0.394 e. The van der Waals surface area contributed by atoms with Crippen molar-refractivity contribution < 1.29 is 20.1 Å². The maximum absolute atomic E-state index is 9.56. The number of rotatable bonds is 1. The fraction of sp³-hybridized carbons (Fsp3) is 0.600. The predicted molar refractivity (Wildman–Crippen MR) is 48.9 cm³/mol. The van der Waals surface area contributed by atoms with Crippen molar-refractivity contribution in [2.75, 3.05) is 6.61 Å². The van der Waals surface area contributed by atoms with Gasteiger partial charge in [-0.15, -0.1) is 12.8 Å². The molecular formula is C10H12O4. The maximum atomic E-state index is 9.56. The molecular weight excluding hydrogens is 184 g/mol. The van der Waals surface area contributed by atoms with Crippen molar-refractivity contribution in [2.24, 2.45) is 5.92 Å². The minimum atomic E-state index is -1.20. The number of aliphatic hydroxyl groups excluding tert-OH is 3. The van der Waals surface area contributed by atoms with Gasteiger partial charge in [0.25, 0.3) is 0 Å². The smallest absolute Gasteiger partial charge is 0.146 e. The second-order valence-electron chi connectivity index (χ2n) is 3.12. The van der Waals surface area contributed by atoms with Gasteiger partial charge in [-0.3, -0.25) is 0 Å². The van der Waals surface area contributed by atoms with Gasteiger partial charge < -0.3 is 20.1 Å². The summed E-state index contributed by atoms with van der Waals surface area (Å²) < 4.78 is 5.13.